The zero-order valence-corrected chi connectivity index (χ0v) is 14.8. The molecular weight excluding hydrogens is 278 g/mol. The number of aliphatic hydroxyl groups excluding tert-OH is 1. The maximum Gasteiger partial charge on any atom is 0.244 e. The Labute approximate surface area is 136 Å². The van der Waals surface area contributed by atoms with Gasteiger partial charge in [-0.05, 0) is 12.8 Å². The molecule has 0 rings (SSSR count). The van der Waals surface area contributed by atoms with Gasteiger partial charge >= 0.3 is 0 Å². The number of aliphatic hydroxyl groups is 1. The molecule has 0 aliphatic carbocycles. The first-order valence-electron chi connectivity index (χ1n) is 9.38. The fourth-order valence-corrected chi connectivity index (χ4v) is 2.99. The molecule has 0 aliphatic heterocycles. The van der Waals surface area contributed by atoms with Crippen LogP contribution in [0.2, 0.25) is 0 Å². The van der Waals surface area contributed by atoms with Crippen LogP contribution in [0.15, 0.2) is 0 Å². The molecule has 0 aliphatic rings. The van der Waals surface area contributed by atoms with Crippen molar-refractivity contribution in [3.63, 3.8) is 0 Å². The van der Waals surface area contributed by atoms with Gasteiger partial charge in [0.25, 0.3) is 0 Å². The minimum absolute atomic E-state index is 0.218. The molecule has 0 amide bonds. The molecule has 0 aromatic rings. The first-order chi connectivity index (χ1) is 10.6. The highest BCUT2D eigenvalue weighted by Crippen LogP contribution is 2.26. The van der Waals surface area contributed by atoms with Crippen LogP contribution in [0.5, 0.6) is 0 Å². The molecule has 4 heteroatoms. The van der Waals surface area contributed by atoms with E-state index in [9.17, 15) is 15.2 Å². The van der Waals surface area contributed by atoms with E-state index in [1.165, 1.54) is 38.5 Å². The topological polar surface area (TPSA) is 63.4 Å². The monoisotopic (exact) mass is 315 g/mol. The van der Waals surface area contributed by atoms with Crippen LogP contribution in [0.3, 0.4) is 0 Å². The van der Waals surface area contributed by atoms with Gasteiger partial charge in [-0.25, -0.2) is 0 Å². The van der Waals surface area contributed by atoms with Gasteiger partial charge in [0.2, 0.25) is 5.54 Å². The second-order valence-corrected chi connectivity index (χ2v) is 6.68. The number of hydrogen-bond donors (Lipinski definition) is 1. The highest BCUT2D eigenvalue weighted by Gasteiger charge is 2.40. The van der Waals surface area contributed by atoms with E-state index in [0.29, 0.717) is 12.8 Å². The molecule has 1 unspecified atom stereocenters. The fourth-order valence-electron chi connectivity index (χ4n) is 2.99. The third-order valence-corrected chi connectivity index (χ3v) is 4.67. The van der Waals surface area contributed by atoms with E-state index in [2.05, 4.69) is 13.8 Å². The van der Waals surface area contributed by atoms with Crippen molar-refractivity contribution in [3.8, 4) is 0 Å². The van der Waals surface area contributed by atoms with Crippen molar-refractivity contribution in [1.29, 1.82) is 0 Å². The van der Waals surface area contributed by atoms with Crippen LogP contribution >= 0.6 is 0 Å². The van der Waals surface area contributed by atoms with Crippen LogP contribution in [0.4, 0.5) is 0 Å². The van der Waals surface area contributed by atoms with E-state index in [1.807, 2.05) is 0 Å². The van der Waals surface area contributed by atoms with Gasteiger partial charge in [-0.2, -0.15) is 0 Å². The molecule has 0 aromatic carbocycles. The Kier molecular flexibility index (Phi) is 13.6. The van der Waals surface area contributed by atoms with Crippen LogP contribution < -0.4 is 0 Å². The predicted octanol–water partition coefficient (Wildman–Crippen LogP) is 5.50. The van der Waals surface area contributed by atoms with E-state index < -0.39 is 5.54 Å². The Morgan fingerprint density at radius 3 is 1.45 bits per heavy atom. The maximum atomic E-state index is 11.4. The van der Waals surface area contributed by atoms with Crippen LogP contribution in [0.1, 0.15) is 104 Å². The molecule has 0 fully saturated rings. The van der Waals surface area contributed by atoms with Crippen LogP contribution in [-0.2, 0) is 0 Å². The lowest BCUT2D eigenvalue weighted by atomic mass is 9.87. The van der Waals surface area contributed by atoms with E-state index in [1.54, 1.807) is 0 Å². The normalized spacial score (nSPS) is 14.0. The summed E-state index contributed by atoms with van der Waals surface area (Å²) in [5, 5.41) is 21.0. The summed E-state index contributed by atoms with van der Waals surface area (Å²) in [4.78, 5) is 11.2. The lowest BCUT2D eigenvalue weighted by Gasteiger charge is -2.23. The second-order valence-electron chi connectivity index (χ2n) is 6.68. The molecule has 0 spiro atoms. The highest BCUT2D eigenvalue weighted by molar-refractivity contribution is 4.78. The van der Waals surface area contributed by atoms with Crippen LogP contribution in [-0.4, -0.2) is 22.2 Å². The van der Waals surface area contributed by atoms with Crippen molar-refractivity contribution in [3.05, 3.63) is 10.1 Å². The number of unbranched alkanes of at least 4 members (excludes halogenated alkanes) is 10. The van der Waals surface area contributed by atoms with Gasteiger partial charge in [0.15, 0.2) is 0 Å². The standard InChI is InChI=1S/C18H37NO3/c1-3-5-7-9-10-12-14-16-18(17-20,19(21)22)15-13-11-8-6-4-2/h20H,3-17H2,1-2H3. The predicted molar refractivity (Wildman–Crippen MR) is 92.8 cm³/mol. The molecule has 0 aromatic heterocycles. The Balaban J connectivity index is 4.02. The van der Waals surface area contributed by atoms with Crippen molar-refractivity contribution in [1.82, 2.24) is 0 Å². The first-order valence-corrected chi connectivity index (χ1v) is 9.38. The third kappa shape index (κ3) is 9.39. The van der Waals surface area contributed by atoms with E-state index in [-0.39, 0.29) is 11.5 Å². The SMILES string of the molecule is CCCCCCCCCC(CO)(CCCCCCC)[N+](=O)[O-]. The van der Waals surface area contributed by atoms with Gasteiger partial charge in [0.1, 0.15) is 6.61 Å². The zero-order valence-electron chi connectivity index (χ0n) is 14.8. The maximum absolute atomic E-state index is 11.4. The Hall–Kier alpha value is -0.640. The number of nitrogens with zero attached hydrogens (tertiary/aromatic N) is 1. The van der Waals surface area contributed by atoms with Gasteiger partial charge in [-0.3, -0.25) is 10.1 Å². The fraction of sp³-hybridized carbons (Fsp3) is 1.00. The van der Waals surface area contributed by atoms with Gasteiger partial charge in [0, 0.05) is 17.8 Å². The lowest BCUT2D eigenvalue weighted by Crippen LogP contribution is -2.42. The van der Waals surface area contributed by atoms with E-state index in [0.717, 1.165) is 38.5 Å². The molecule has 4 nitrogen and oxygen atoms in total. The molecule has 22 heavy (non-hydrogen) atoms. The highest BCUT2D eigenvalue weighted by atomic mass is 16.6. The molecule has 1 atom stereocenters. The molecule has 1 N–H and O–H groups in total. The summed E-state index contributed by atoms with van der Waals surface area (Å²) in [6.45, 7) is 4.05. The summed E-state index contributed by atoms with van der Waals surface area (Å²) in [5.41, 5.74) is -1.09. The first kappa shape index (κ1) is 21.4. The van der Waals surface area contributed by atoms with Gasteiger partial charge in [0.05, 0.1) is 0 Å². The zero-order chi connectivity index (χ0) is 16.7. The Morgan fingerprint density at radius 2 is 1.14 bits per heavy atom. The Morgan fingerprint density at radius 1 is 0.773 bits per heavy atom. The lowest BCUT2D eigenvalue weighted by molar-refractivity contribution is -0.576. The quantitative estimate of drug-likeness (QED) is 0.232. The minimum atomic E-state index is -1.09. The van der Waals surface area contributed by atoms with Crippen molar-refractivity contribution in [2.24, 2.45) is 0 Å². The molecule has 0 heterocycles. The second kappa shape index (κ2) is 14.0. The summed E-state index contributed by atoms with van der Waals surface area (Å²) in [5.74, 6) is 0. The smallest absolute Gasteiger partial charge is 0.244 e. The summed E-state index contributed by atoms with van der Waals surface area (Å²) in [6.07, 6.45) is 14.6. The number of nitro groups is 1. The third-order valence-electron chi connectivity index (χ3n) is 4.67. The molecule has 0 radical (unpaired) electrons. The molecule has 0 bridgehead atoms. The van der Waals surface area contributed by atoms with E-state index in [4.69, 9.17) is 0 Å². The van der Waals surface area contributed by atoms with Gasteiger partial charge < -0.3 is 5.11 Å². The molecular formula is C18H37NO3. The number of rotatable bonds is 16. The molecule has 0 saturated heterocycles. The van der Waals surface area contributed by atoms with Crippen molar-refractivity contribution in [2.75, 3.05) is 6.61 Å². The Bertz CT molecular complexity index is 271. The molecule has 132 valence electrons. The largest absolute Gasteiger partial charge is 0.389 e. The van der Waals surface area contributed by atoms with Crippen LogP contribution in [0, 0.1) is 10.1 Å². The number of hydrogen-bond acceptors (Lipinski definition) is 3. The van der Waals surface area contributed by atoms with Gasteiger partial charge in [-0.15, -0.1) is 0 Å². The van der Waals surface area contributed by atoms with Crippen molar-refractivity contribution < 1.29 is 10.0 Å². The van der Waals surface area contributed by atoms with Gasteiger partial charge in [-0.1, -0.05) is 78.1 Å². The average molecular weight is 315 g/mol. The summed E-state index contributed by atoms with van der Waals surface area (Å²) in [6, 6.07) is 0. The van der Waals surface area contributed by atoms with Crippen molar-refractivity contribution in [2.45, 2.75) is 109 Å². The van der Waals surface area contributed by atoms with E-state index >= 15 is 0 Å². The van der Waals surface area contributed by atoms with Crippen molar-refractivity contribution >= 4 is 0 Å². The van der Waals surface area contributed by atoms with Crippen LogP contribution in [0.25, 0.3) is 0 Å². The average Bonchev–Trinajstić information content (AvgIpc) is 2.51. The summed E-state index contributed by atoms with van der Waals surface area (Å²) < 4.78 is 0. The minimum Gasteiger partial charge on any atom is -0.389 e. The summed E-state index contributed by atoms with van der Waals surface area (Å²) >= 11 is 0. The summed E-state index contributed by atoms with van der Waals surface area (Å²) in [7, 11) is 0. The molecule has 0 saturated carbocycles.